The summed E-state index contributed by atoms with van der Waals surface area (Å²) in [6, 6.07) is 10.4. The summed E-state index contributed by atoms with van der Waals surface area (Å²) in [5, 5.41) is 18.1. The van der Waals surface area contributed by atoms with E-state index in [1.807, 2.05) is 0 Å². The molecular weight excluding hydrogens is 450 g/mol. The van der Waals surface area contributed by atoms with Crippen molar-refractivity contribution >= 4 is 23.6 Å². The third kappa shape index (κ3) is 4.85. The standard InChI is InChI=1S/C22H16F2N6O4/c23-15-6-3-13(7-16(15)24)10-25-19(31)17-8-18(30-22(29-17)27-11-28-30)20(32)26-9-12-1-4-14(5-2-12)21(33)34/h1-8,11H,9-10H2,(H,25,31)(H,26,32)(H,33,34). The van der Waals surface area contributed by atoms with Gasteiger partial charge in [-0.1, -0.05) is 18.2 Å². The molecule has 0 unspecified atom stereocenters. The zero-order valence-corrected chi connectivity index (χ0v) is 17.3. The summed E-state index contributed by atoms with van der Waals surface area (Å²) < 4.78 is 27.6. The highest BCUT2D eigenvalue weighted by Crippen LogP contribution is 2.10. The van der Waals surface area contributed by atoms with Crippen LogP contribution in [-0.4, -0.2) is 42.5 Å². The number of amides is 2. The Morgan fingerprint density at radius 1 is 0.882 bits per heavy atom. The summed E-state index contributed by atoms with van der Waals surface area (Å²) in [5.41, 5.74) is 0.976. The maximum Gasteiger partial charge on any atom is 0.335 e. The number of halogens is 2. The van der Waals surface area contributed by atoms with Crippen molar-refractivity contribution in [3.05, 3.63) is 94.6 Å². The molecule has 0 spiro atoms. The molecular formula is C22H16F2N6O4. The molecule has 2 aromatic heterocycles. The van der Waals surface area contributed by atoms with Gasteiger partial charge in [0.25, 0.3) is 17.6 Å². The number of aromatic nitrogens is 4. The minimum Gasteiger partial charge on any atom is -0.478 e. The number of carbonyl (C=O) groups excluding carboxylic acids is 2. The fourth-order valence-electron chi connectivity index (χ4n) is 3.05. The summed E-state index contributed by atoms with van der Waals surface area (Å²) in [4.78, 5) is 44.3. The Morgan fingerprint density at radius 2 is 1.56 bits per heavy atom. The fraction of sp³-hybridized carbons (Fsp3) is 0.0909. The fourth-order valence-corrected chi connectivity index (χ4v) is 3.05. The average Bonchev–Trinajstić information content (AvgIpc) is 3.31. The topological polar surface area (TPSA) is 139 Å². The molecule has 10 nitrogen and oxygen atoms in total. The van der Waals surface area contributed by atoms with E-state index in [9.17, 15) is 23.2 Å². The van der Waals surface area contributed by atoms with Gasteiger partial charge in [-0.05, 0) is 35.4 Å². The molecule has 0 aliphatic carbocycles. The van der Waals surface area contributed by atoms with Gasteiger partial charge in [0, 0.05) is 19.2 Å². The molecule has 0 fully saturated rings. The lowest BCUT2D eigenvalue weighted by molar-refractivity contribution is 0.0696. The first-order valence-electron chi connectivity index (χ1n) is 9.85. The van der Waals surface area contributed by atoms with Gasteiger partial charge in [0.15, 0.2) is 11.6 Å². The monoisotopic (exact) mass is 466 g/mol. The smallest absolute Gasteiger partial charge is 0.335 e. The van der Waals surface area contributed by atoms with Crippen molar-refractivity contribution in [2.75, 3.05) is 0 Å². The van der Waals surface area contributed by atoms with Gasteiger partial charge in [-0.15, -0.1) is 0 Å². The van der Waals surface area contributed by atoms with Crippen LogP contribution in [0.4, 0.5) is 8.78 Å². The second kappa shape index (κ2) is 9.40. The maximum absolute atomic E-state index is 13.4. The van der Waals surface area contributed by atoms with Crippen LogP contribution in [0.2, 0.25) is 0 Å². The summed E-state index contributed by atoms with van der Waals surface area (Å²) in [5.74, 6) is -4.31. The van der Waals surface area contributed by atoms with E-state index in [0.29, 0.717) is 11.1 Å². The predicted molar refractivity (Wildman–Crippen MR) is 113 cm³/mol. The van der Waals surface area contributed by atoms with Crippen LogP contribution in [0.5, 0.6) is 0 Å². The molecule has 4 rings (SSSR count). The predicted octanol–water partition coefficient (Wildman–Crippen LogP) is 1.96. The quantitative estimate of drug-likeness (QED) is 0.378. The molecule has 4 aromatic rings. The van der Waals surface area contributed by atoms with Gasteiger partial charge < -0.3 is 15.7 Å². The Labute approximate surface area is 190 Å². The summed E-state index contributed by atoms with van der Waals surface area (Å²) in [6.07, 6.45) is 1.17. The SMILES string of the molecule is O=C(O)c1ccc(CNC(=O)c2cc(C(=O)NCc3ccc(F)c(F)c3)nc3ncnn23)cc1. The Bertz CT molecular complexity index is 1400. The van der Waals surface area contributed by atoms with Crippen LogP contribution in [0.25, 0.3) is 5.78 Å². The van der Waals surface area contributed by atoms with Crippen molar-refractivity contribution in [3.63, 3.8) is 0 Å². The Hall–Kier alpha value is -4.74. The van der Waals surface area contributed by atoms with E-state index >= 15 is 0 Å². The maximum atomic E-state index is 13.4. The number of benzene rings is 2. The highest BCUT2D eigenvalue weighted by Gasteiger charge is 2.18. The molecule has 172 valence electrons. The van der Waals surface area contributed by atoms with Gasteiger partial charge >= 0.3 is 5.97 Å². The number of aromatic carboxylic acids is 1. The van der Waals surface area contributed by atoms with E-state index < -0.39 is 29.4 Å². The first kappa shape index (κ1) is 22.5. The summed E-state index contributed by atoms with van der Waals surface area (Å²) in [7, 11) is 0. The van der Waals surface area contributed by atoms with E-state index in [1.54, 1.807) is 12.1 Å². The van der Waals surface area contributed by atoms with Crippen molar-refractivity contribution in [3.8, 4) is 0 Å². The molecule has 0 bridgehead atoms. The van der Waals surface area contributed by atoms with Crippen LogP contribution in [0.3, 0.4) is 0 Å². The number of fused-ring (bicyclic) bond motifs is 1. The number of carbonyl (C=O) groups is 3. The lowest BCUT2D eigenvalue weighted by Gasteiger charge is -2.09. The summed E-state index contributed by atoms with van der Waals surface area (Å²) >= 11 is 0. The number of rotatable bonds is 7. The van der Waals surface area contributed by atoms with Crippen molar-refractivity contribution in [1.82, 2.24) is 30.2 Å². The Morgan fingerprint density at radius 3 is 2.26 bits per heavy atom. The van der Waals surface area contributed by atoms with Crippen LogP contribution in [0.15, 0.2) is 54.9 Å². The van der Waals surface area contributed by atoms with Gasteiger partial charge in [-0.3, -0.25) is 9.59 Å². The van der Waals surface area contributed by atoms with Crippen LogP contribution in [0.1, 0.15) is 42.5 Å². The van der Waals surface area contributed by atoms with Crippen LogP contribution < -0.4 is 10.6 Å². The molecule has 34 heavy (non-hydrogen) atoms. The molecule has 12 heteroatoms. The number of carboxylic acid groups (broad SMARTS) is 1. The summed E-state index contributed by atoms with van der Waals surface area (Å²) in [6.45, 7) is -0.00163. The zero-order valence-electron chi connectivity index (χ0n) is 17.3. The Balaban J connectivity index is 1.49. The second-order valence-electron chi connectivity index (χ2n) is 7.11. The number of hydrogen-bond donors (Lipinski definition) is 3. The van der Waals surface area contributed by atoms with E-state index in [4.69, 9.17) is 5.11 Å². The number of hydrogen-bond acceptors (Lipinski definition) is 6. The van der Waals surface area contributed by atoms with Crippen molar-refractivity contribution in [1.29, 1.82) is 0 Å². The average molecular weight is 466 g/mol. The molecule has 2 amide bonds. The molecule has 2 heterocycles. The van der Waals surface area contributed by atoms with Gasteiger partial charge in [-0.25, -0.2) is 18.6 Å². The highest BCUT2D eigenvalue weighted by atomic mass is 19.2. The molecule has 0 radical (unpaired) electrons. The van der Waals surface area contributed by atoms with Crippen molar-refractivity contribution in [2.24, 2.45) is 0 Å². The number of nitrogens with one attached hydrogen (secondary N) is 2. The molecule has 3 N–H and O–H groups in total. The van der Waals surface area contributed by atoms with E-state index in [1.165, 1.54) is 30.6 Å². The molecule has 0 aliphatic heterocycles. The van der Waals surface area contributed by atoms with Crippen LogP contribution in [0, 0.1) is 11.6 Å². The lowest BCUT2D eigenvalue weighted by Crippen LogP contribution is -2.28. The molecule has 0 atom stereocenters. The number of carboxylic acids is 1. The minimum atomic E-state index is -1.06. The minimum absolute atomic E-state index is 0.0106. The van der Waals surface area contributed by atoms with E-state index in [0.717, 1.165) is 16.6 Å². The lowest BCUT2D eigenvalue weighted by atomic mass is 10.1. The first-order chi connectivity index (χ1) is 16.3. The normalized spacial score (nSPS) is 10.8. The second-order valence-corrected chi connectivity index (χ2v) is 7.11. The van der Waals surface area contributed by atoms with E-state index in [-0.39, 0.29) is 35.8 Å². The van der Waals surface area contributed by atoms with Crippen LogP contribution in [-0.2, 0) is 13.1 Å². The van der Waals surface area contributed by atoms with Gasteiger partial charge in [0.1, 0.15) is 17.7 Å². The Kier molecular flexibility index (Phi) is 6.21. The van der Waals surface area contributed by atoms with E-state index in [2.05, 4.69) is 25.7 Å². The molecule has 2 aromatic carbocycles. The molecule has 0 aliphatic rings. The largest absolute Gasteiger partial charge is 0.478 e. The van der Waals surface area contributed by atoms with Crippen molar-refractivity contribution < 1.29 is 28.3 Å². The zero-order chi connectivity index (χ0) is 24.2. The van der Waals surface area contributed by atoms with Crippen LogP contribution >= 0.6 is 0 Å². The van der Waals surface area contributed by atoms with Gasteiger partial charge in [0.2, 0.25) is 0 Å². The highest BCUT2D eigenvalue weighted by molar-refractivity contribution is 5.98. The molecule has 0 saturated carbocycles. The third-order valence-electron chi connectivity index (χ3n) is 4.81. The molecule has 0 saturated heterocycles. The first-order valence-corrected chi connectivity index (χ1v) is 9.85. The van der Waals surface area contributed by atoms with Gasteiger partial charge in [0.05, 0.1) is 5.56 Å². The number of nitrogens with zero attached hydrogens (tertiary/aromatic N) is 4. The van der Waals surface area contributed by atoms with Gasteiger partial charge in [-0.2, -0.15) is 14.6 Å². The van der Waals surface area contributed by atoms with Crippen molar-refractivity contribution in [2.45, 2.75) is 13.1 Å². The third-order valence-corrected chi connectivity index (χ3v) is 4.81.